The molecule has 0 heterocycles. The normalized spacial score (nSPS) is 15.9. The molecule has 0 N–H and O–H groups in total. The number of carbonyl (C=O) groups is 1. The van der Waals surface area contributed by atoms with E-state index in [1.807, 2.05) is 6.92 Å². The van der Waals surface area contributed by atoms with E-state index in [9.17, 15) is 13.2 Å². The van der Waals surface area contributed by atoms with Gasteiger partial charge in [-0.3, -0.25) is 8.98 Å². The molecule has 5 heteroatoms. The van der Waals surface area contributed by atoms with Gasteiger partial charge >= 0.3 is 0 Å². The average Bonchev–Trinajstić information content (AvgIpc) is 2.77. The summed E-state index contributed by atoms with van der Waals surface area (Å²) in [5.74, 6) is -0.155. The molecule has 0 aromatic heterocycles. The first-order valence-electron chi connectivity index (χ1n) is 6.10. The first-order valence-corrected chi connectivity index (χ1v) is 7.68. The molecule has 98 valence electrons. The molecule has 0 atom stereocenters. The zero-order chi connectivity index (χ0) is 12.7. The molecular formula is C12H20O4S. The third-order valence-corrected chi connectivity index (χ3v) is 3.97. The van der Waals surface area contributed by atoms with Gasteiger partial charge in [0.25, 0.3) is 10.1 Å². The molecule has 17 heavy (non-hydrogen) atoms. The monoisotopic (exact) mass is 260 g/mol. The number of unbranched alkanes of at least 4 members (excludes halogenated alkanes) is 1. The minimum Gasteiger partial charge on any atom is -0.297 e. The van der Waals surface area contributed by atoms with Gasteiger partial charge in [0, 0.05) is 6.42 Å². The summed E-state index contributed by atoms with van der Waals surface area (Å²) in [6.07, 6.45) is 6.84. The van der Waals surface area contributed by atoms with Gasteiger partial charge in [0.2, 0.25) is 0 Å². The maximum Gasteiger partial charge on any atom is 0.267 e. The standard InChI is InChI=1S/C12H20O4S/c1-2-3-8-17(14,15)16-10-12(13)9-11-6-4-5-7-11/h6H,2-5,7-10H2,1H3. The molecule has 0 aliphatic heterocycles. The zero-order valence-corrected chi connectivity index (χ0v) is 11.1. The second-order valence-corrected chi connectivity index (χ2v) is 6.11. The van der Waals surface area contributed by atoms with Gasteiger partial charge in [-0.15, -0.1) is 0 Å². The first kappa shape index (κ1) is 14.4. The number of ketones is 1. The fraction of sp³-hybridized carbons (Fsp3) is 0.750. The highest BCUT2D eigenvalue weighted by atomic mass is 32.2. The second kappa shape index (κ2) is 6.91. The highest BCUT2D eigenvalue weighted by Crippen LogP contribution is 2.20. The molecule has 1 aliphatic carbocycles. The van der Waals surface area contributed by atoms with Gasteiger partial charge in [-0.25, -0.2) is 0 Å². The molecule has 0 saturated carbocycles. The van der Waals surface area contributed by atoms with Crippen LogP contribution in [-0.4, -0.2) is 26.6 Å². The summed E-state index contributed by atoms with van der Waals surface area (Å²) in [5, 5.41) is 0. The van der Waals surface area contributed by atoms with E-state index in [2.05, 4.69) is 6.08 Å². The number of allylic oxidation sites excluding steroid dienone is 2. The number of rotatable bonds is 8. The lowest BCUT2D eigenvalue weighted by molar-refractivity contribution is -0.120. The molecule has 0 bridgehead atoms. The van der Waals surface area contributed by atoms with Crippen LogP contribution in [0.25, 0.3) is 0 Å². The van der Waals surface area contributed by atoms with Gasteiger partial charge in [0.1, 0.15) is 6.61 Å². The highest BCUT2D eigenvalue weighted by Gasteiger charge is 2.15. The Balaban J connectivity index is 2.27. The third-order valence-electron chi connectivity index (χ3n) is 2.71. The summed E-state index contributed by atoms with van der Waals surface area (Å²) in [6, 6.07) is 0. The lowest BCUT2D eigenvalue weighted by atomic mass is 10.1. The number of hydrogen-bond donors (Lipinski definition) is 0. The van der Waals surface area contributed by atoms with Crippen LogP contribution in [0.2, 0.25) is 0 Å². The van der Waals surface area contributed by atoms with E-state index in [4.69, 9.17) is 4.18 Å². The fourth-order valence-corrected chi connectivity index (χ4v) is 2.81. The van der Waals surface area contributed by atoms with Crippen LogP contribution in [0.5, 0.6) is 0 Å². The Kier molecular flexibility index (Phi) is 5.85. The van der Waals surface area contributed by atoms with Gasteiger partial charge in [-0.1, -0.05) is 25.0 Å². The Morgan fingerprint density at radius 3 is 2.82 bits per heavy atom. The molecule has 1 aliphatic rings. The molecule has 0 saturated heterocycles. The van der Waals surface area contributed by atoms with E-state index in [0.717, 1.165) is 31.3 Å². The van der Waals surface area contributed by atoms with Crippen LogP contribution in [0.3, 0.4) is 0 Å². The van der Waals surface area contributed by atoms with Crippen molar-refractivity contribution in [2.24, 2.45) is 0 Å². The van der Waals surface area contributed by atoms with Crippen molar-refractivity contribution in [1.82, 2.24) is 0 Å². The maximum absolute atomic E-state index is 11.5. The van der Waals surface area contributed by atoms with Crippen LogP contribution in [0.4, 0.5) is 0 Å². The van der Waals surface area contributed by atoms with Crippen LogP contribution in [0, 0.1) is 0 Å². The summed E-state index contributed by atoms with van der Waals surface area (Å²) < 4.78 is 27.4. The first-order chi connectivity index (χ1) is 8.03. The molecule has 1 rings (SSSR count). The Labute approximate surface area is 103 Å². The minimum absolute atomic E-state index is 0.000519. The Morgan fingerprint density at radius 1 is 1.47 bits per heavy atom. The molecule has 0 spiro atoms. The van der Waals surface area contributed by atoms with E-state index in [-0.39, 0.29) is 18.1 Å². The van der Waals surface area contributed by atoms with Crippen LogP contribution < -0.4 is 0 Å². The lowest BCUT2D eigenvalue weighted by Gasteiger charge is -2.04. The number of Topliss-reactive ketones (excluding diaryl/α,β-unsaturated/α-hetero) is 1. The minimum atomic E-state index is -3.51. The Bertz CT molecular complexity index is 381. The van der Waals surface area contributed by atoms with Crippen molar-refractivity contribution in [2.75, 3.05) is 12.4 Å². The van der Waals surface area contributed by atoms with Gasteiger partial charge in [-0.05, 0) is 25.7 Å². The molecule has 0 aromatic carbocycles. The van der Waals surface area contributed by atoms with Crippen molar-refractivity contribution < 1.29 is 17.4 Å². The molecule has 0 radical (unpaired) electrons. The Morgan fingerprint density at radius 2 is 2.24 bits per heavy atom. The summed E-state index contributed by atoms with van der Waals surface area (Å²) in [6.45, 7) is 1.59. The van der Waals surface area contributed by atoms with E-state index >= 15 is 0 Å². The smallest absolute Gasteiger partial charge is 0.267 e. The summed E-state index contributed by atoms with van der Waals surface area (Å²) in [5.41, 5.74) is 1.12. The molecule has 0 amide bonds. The third kappa shape index (κ3) is 5.98. The van der Waals surface area contributed by atoms with Gasteiger partial charge in [-0.2, -0.15) is 8.42 Å². The van der Waals surface area contributed by atoms with Crippen LogP contribution in [0.1, 0.15) is 45.4 Å². The van der Waals surface area contributed by atoms with Gasteiger partial charge in [0.05, 0.1) is 5.75 Å². The number of hydrogen-bond acceptors (Lipinski definition) is 4. The summed E-state index contributed by atoms with van der Waals surface area (Å²) in [7, 11) is -3.51. The average molecular weight is 260 g/mol. The fourth-order valence-electron chi connectivity index (χ4n) is 1.74. The highest BCUT2D eigenvalue weighted by molar-refractivity contribution is 7.86. The van der Waals surface area contributed by atoms with Crippen molar-refractivity contribution in [3.63, 3.8) is 0 Å². The quantitative estimate of drug-likeness (QED) is 0.496. The van der Waals surface area contributed by atoms with Crippen molar-refractivity contribution in [3.8, 4) is 0 Å². The van der Waals surface area contributed by atoms with Crippen molar-refractivity contribution in [3.05, 3.63) is 11.6 Å². The van der Waals surface area contributed by atoms with Gasteiger partial charge < -0.3 is 0 Å². The Hall–Kier alpha value is -0.680. The predicted octanol–water partition coefficient (Wildman–Crippen LogP) is 2.20. The van der Waals surface area contributed by atoms with E-state index in [1.165, 1.54) is 0 Å². The zero-order valence-electron chi connectivity index (χ0n) is 10.3. The lowest BCUT2D eigenvalue weighted by Crippen LogP contribution is -2.17. The van der Waals surface area contributed by atoms with Crippen molar-refractivity contribution >= 4 is 15.9 Å². The van der Waals surface area contributed by atoms with E-state index in [1.54, 1.807) is 0 Å². The van der Waals surface area contributed by atoms with Crippen LogP contribution in [0.15, 0.2) is 11.6 Å². The molecular weight excluding hydrogens is 240 g/mol. The topological polar surface area (TPSA) is 60.4 Å². The van der Waals surface area contributed by atoms with E-state index in [0.29, 0.717) is 12.8 Å². The van der Waals surface area contributed by atoms with Gasteiger partial charge in [0.15, 0.2) is 5.78 Å². The van der Waals surface area contributed by atoms with Crippen molar-refractivity contribution in [1.29, 1.82) is 0 Å². The molecule has 4 nitrogen and oxygen atoms in total. The summed E-state index contributed by atoms with van der Waals surface area (Å²) >= 11 is 0. The van der Waals surface area contributed by atoms with E-state index < -0.39 is 10.1 Å². The maximum atomic E-state index is 11.5. The van der Waals surface area contributed by atoms with Crippen molar-refractivity contribution in [2.45, 2.75) is 45.4 Å². The largest absolute Gasteiger partial charge is 0.297 e. The summed E-state index contributed by atoms with van der Waals surface area (Å²) in [4.78, 5) is 11.5. The van der Waals surface area contributed by atoms with Crippen LogP contribution in [-0.2, 0) is 19.1 Å². The SMILES string of the molecule is CCCCS(=O)(=O)OCC(=O)CC1=CCCC1. The second-order valence-electron chi connectivity index (χ2n) is 4.35. The molecule has 0 fully saturated rings. The number of carbonyl (C=O) groups excluding carboxylic acids is 1. The molecule has 0 unspecified atom stereocenters. The predicted molar refractivity (Wildman–Crippen MR) is 66.2 cm³/mol. The molecule has 0 aromatic rings. The van der Waals surface area contributed by atoms with Crippen LogP contribution >= 0.6 is 0 Å².